The summed E-state index contributed by atoms with van der Waals surface area (Å²) in [6.07, 6.45) is 5.33. The van der Waals surface area contributed by atoms with Gasteiger partial charge < -0.3 is 25.4 Å². The number of hydrogen-bond donors (Lipinski definition) is 4. The second-order valence-corrected chi connectivity index (χ2v) is 14.7. The maximum atomic E-state index is 14.5. The average molecular weight is 673 g/mol. The molecule has 252 valence electrons. The third-order valence-corrected chi connectivity index (χ3v) is 11.0. The van der Waals surface area contributed by atoms with Gasteiger partial charge in [-0.2, -0.15) is 0 Å². The van der Waals surface area contributed by atoms with Crippen LogP contribution in [0.25, 0.3) is 11.0 Å². The van der Waals surface area contributed by atoms with Gasteiger partial charge in [0, 0.05) is 12.3 Å². The van der Waals surface area contributed by atoms with Crippen LogP contribution in [0.5, 0.6) is 5.88 Å². The molecule has 4 N–H and O–H groups in total. The molecule has 2 aliphatic heterocycles. The number of nitrogens with one attached hydrogen (secondary N) is 3. The monoisotopic (exact) mass is 672 g/mol. The van der Waals surface area contributed by atoms with E-state index in [0.29, 0.717) is 43.3 Å². The van der Waals surface area contributed by atoms with E-state index in [-0.39, 0.29) is 37.2 Å². The maximum Gasteiger partial charge on any atom is 0.405 e. The van der Waals surface area contributed by atoms with Gasteiger partial charge in [0.2, 0.25) is 27.7 Å². The summed E-state index contributed by atoms with van der Waals surface area (Å²) in [5.41, 5.74) is -0.872. The standard InChI is InChI=1S/C31H37FN6O8S/c1-17-27(35-25-21(32)9-7-11-22(25)33-17)46-19-14-24-26(39)36-31(29(41)37-47(44,45)20-12-13-20)15-18(31)8-5-3-2-4-6-10-23(34-30(42)43)28(40)38(24)16-19/h5,7-9,11,18-20,23-24,34H,2-4,6,10,12-16H2,1H3,(H,36,39)(H,37,41)(H,42,43)/b8-5-/t18-,19-,23+,24+,31-/m1/s1. The number of fused-ring (bicyclic) bond motifs is 3. The van der Waals surface area contributed by atoms with Crippen LogP contribution in [0.2, 0.25) is 0 Å². The summed E-state index contributed by atoms with van der Waals surface area (Å²) in [4.78, 5) is 63.0. The van der Waals surface area contributed by atoms with Crippen molar-refractivity contribution >= 4 is 44.9 Å². The topological polar surface area (TPSA) is 197 Å². The Kier molecular flexibility index (Phi) is 8.80. The van der Waals surface area contributed by atoms with Crippen molar-refractivity contribution in [2.75, 3.05) is 6.54 Å². The molecular weight excluding hydrogens is 635 g/mol. The van der Waals surface area contributed by atoms with Crippen LogP contribution in [0.4, 0.5) is 9.18 Å². The Balaban J connectivity index is 1.30. The molecule has 0 bridgehead atoms. The molecule has 1 aromatic carbocycles. The van der Waals surface area contributed by atoms with Gasteiger partial charge in [-0.05, 0) is 57.6 Å². The van der Waals surface area contributed by atoms with Gasteiger partial charge in [-0.1, -0.05) is 31.1 Å². The highest BCUT2D eigenvalue weighted by Gasteiger charge is 2.62. The number of para-hydroxylation sites is 1. The second-order valence-electron chi connectivity index (χ2n) is 12.7. The first kappa shape index (κ1) is 32.6. The Labute approximate surface area is 270 Å². The molecule has 47 heavy (non-hydrogen) atoms. The maximum absolute atomic E-state index is 14.5. The number of ether oxygens (including phenoxy) is 1. The van der Waals surface area contributed by atoms with Crippen LogP contribution in [0.15, 0.2) is 30.4 Å². The van der Waals surface area contributed by atoms with Crippen LogP contribution >= 0.6 is 0 Å². The zero-order chi connectivity index (χ0) is 33.5. The van der Waals surface area contributed by atoms with Gasteiger partial charge in [-0.25, -0.2) is 27.6 Å². The zero-order valence-corrected chi connectivity index (χ0v) is 26.6. The number of amides is 4. The SMILES string of the molecule is Cc1nc2cccc(F)c2nc1O[C@@H]1C[C@H]2C(=O)N[C@]3(C(=O)NS(=O)(=O)C4CC4)C[C@H]3/C=C\CCCCC[C@H](NC(=O)O)C(=O)N2C1. The molecule has 2 aliphatic carbocycles. The highest BCUT2D eigenvalue weighted by molar-refractivity contribution is 7.91. The molecule has 1 aromatic heterocycles. The number of carboxylic acid groups (broad SMARTS) is 1. The number of carbonyl (C=O) groups is 4. The number of sulfonamides is 1. The van der Waals surface area contributed by atoms with Crippen LogP contribution in [0, 0.1) is 18.7 Å². The minimum absolute atomic E-state index is 0.0111. The van der Waals surface area contributed by atoms with Gasteiger partial charge in [0.1, 0.15) is 34.9 Å². The first-order valence-electron chi connectivity index (χ1n) is 15.8. The predicted molar refractivity (Wildman–Crippen MR) is 165 cm³/mol. The lowest BCUT2D eigenvalue weighted by molar-refractivity contribution is -0.141. The zero-order valence-electron chi connectivity index (χ0n) is 25.8. The van der Waals surface area contributed by atoms with Gasteiger partial charge in [0.25, 0.3) is 5.91 Å². The number of aryl methyl sites for hydroxylation is 1. The van der Waals surface area contributed by atoms with E-state index in [1.165, 1.54) is 17.0 Å². The van der Waals surface area contributed by atoms with E-state index >= 15 is 0 Å². The number of hydrogen-bond acceptors (Lipinski definition) is 9. The van der Waals surface area contributed by atoms with Crippen LogP contribution in [0.1, 0.15) is 63.5 Å². The van der Waals surface area contributed by atoms with Crippen molar-refractivity contribution in [2.45, 2.75) is 93.7 Å². The van der Waals surface area contributed by atoms with E-state index in [1.807, 2.05) is 12.2 Å². The highest BCUT2D eigenvalue weighted by atomic mass is 32.2. The first-order valence-corrected chi connectivity index (χ1v) is 17.4. The Hall–Kier alpha value is -4.34. The van der Waals surface area contributed by atoms with Crippen molar-refractivity contribution < 1.29 is 41.8 Å². The van der Waals surface area contributed by atoms with Crippen LogP contribution in [-0.4, -0.2) is 87.7 Å². The highest BCUT2D eigenvalue weighted by Crippen LogP contribution is 2.46. The van der Waals surface area contributed by atoms with Gasteiger partial charge in [-0.3, -0.25) is 19.1 Å². The van der Waals surface area contributed by atoms with E-state index in [4.69, 9.17) is 4.74 Å². The first-order chi connectivity index (χ1) is 22.4. The molecular formula is C31H37FN6O8S. The molecule has 0 unspecified atom stereocenters. The lowest BCUT2D eigenvalue weighted by Crippen LogP contribution is -2.58. The van der Waals surface area contributed by atoms with Gasteiger partial charge in [-0.15, -0.1) is 0 Å². The second kappa shape index (κ2) is 12.7. The molecule has 4 amide bonds. The molecule has 4 aliphatic rings. The lowest BCUT2D eigenvalue weighted by atomic mass is 10.1. The van der Waals surface area contributed by atoms with Crippen molar-refractivity contribution in [1.29, 1.82) is 0 Å². The summed E-state index contributed by atoms with van der Waals surface area (Å²) in [6, 6.07) is 2.01. The minimum atomic E-state index is -3.90. The molecule has 5 atom stereocenters. The number of carbonyl (C=O) groups excluding carboxylic acids is 3. The van der Waals surface area contributed by atoms with Gasteiger partial charge >= 0.3 is 6.09 Å². The molecule has 1 saturated heterocycles. The Morgan fingerprint density at radius 1 is 1.15 bits per heavy atom. The van der Waals surface area contributed by atoms with Crippen LogP contribution in [0.3, 0.4) is 0 Å². The van der Waals surface area contributed by atoms with Gasteiger partial charge in [0.05, 0.1) is 17.3 Å². The Morgan fingerprint density at radius 2 is 1.94 bits per heavy atom. The Bertz CT molecular complexity index is 1750. The fourth-order valence-corrected chi connectivity index (χ4v) is 7.75. The molecule has 2 saturated carbocycles. The summed E-state index contributed by atoms with van der Waals surface area (Å²) in [5.74, 6) is -3.24. The molecule has 0 spiro atoms. The van der Waals surface area contributed by atoms with Crippen LogP contribution in [-0.2, 0) is 24.4 Å². The Morgan fingerprint density at radius 3 is 2.68 bits per heavy atom. The fraction of sp³-hybridized carbons (Fsp3) is 0.548. The molecule has 3 fully saturated rings. The van der Waals surface area contributed by atoms with Crippen LogP contribution < -0.4 is 20.1 Å². The molecule has 14 nitrogen and oxygen atoms in total. The van der Waals surface area contributed by atoms with E-state index in [0.717, 1.165) is 6.42 Å². The van der Waals surface area contributed by atoms with Crippen molar-refractivity contribution in [3.05, 3.63) is 41.9 Å². The van der Waals surface area contributed by atoms with Crippen molar-refractivity contribution in [3.8, 4) is 5.88 Å². The number of aromatic nitrogens is 2. The summed E-state index contributed by atoms with van der Waals surface area (Å²) in [5, 5.41) is 13.9. The number of rotatable bonds is 6. The molecule has 0 radical (unpaired) electrons. The number of nitrogens with zero attached hydrogens (tertiary/aromatic N) is 3. The van der Waals surface area contributed by atoms with E-state index in [1.54, 1.807) is 13.0 Å². The summed E-state index contributed by atoms with van der Waals surface area (Å²) < 4.78 is 48.1. The molecule has 2 aromatic rings. The predicted octanol–water partition coefficient (Wildman–Crippen LogP) is 2.07. The number of benzene rings is 1. The minimum Gasteiger partial charge on any atom is -0.471 e. The molecule has 6 rings (SSSR count). The van der Waals surface area contributed by atoms with E-state index in [2.05, 4.69) is 25.3 Å². The van der Waals surface area contributed by atoms with E-state index < -0.39 is 74.5 Å². The largest absolute Gasteiger partial charge is 0.471 e. The molecule has 16 heteroatoms. The normalized spacial score (nSPS) is 29.0. The average Bonchev–Trinajstić information content (AvgIpc) is 3.93. The molecule has 3 heterocycles. The number of allylic oxidation sites excluding steroid dienone is 1. The van der Waals surface area contributed by atoms with Crippen molar-refractivity contribution in [1.82, 2.24) is 30.2 Å². The van der Waals surface area contributed by atoms with Gasteiger partial charge in [0.15, 0.2) is 5.82 Å². The quantitative estimate of drug-likeness (QED) is 0.330. The van der Waals surface area contributed by atoms with Crippen molar-refractivity contribution in [2.24, 2.45) is 5.92 Å². The fourth-order valence-electron chi connectivity index (χ4n) is 6.38. The summed E-state index contributed by atoms with van der Waals surface area (Å²) >= 11 is 0. The number of halogens is 1. The third-order valence-electron chi connectivity index (χ3n) is 9.20. The third kappa shape index (κ3) is 6.87. The van der Waals surface area contributed by atoms with Crippen molar-refractivity contribution in [3.63, 3.8) is 0 Å². The summed E-state index contributed by atoms with van der Waals surface area (Å²) in [6.45, 7) is 1.49. The van der Waals surface area contributed by atoms with E-state index in [9.17, 15) is 37.1 Å². The smallest absolute Gasteiger partial charge is 0.405 e. The lowest BCUT2D eigenvalue weighted by Gasteiger charge is -2.29. The summed E-state index contributed by atoms with van der Waals surface area (Å²) in [7, 11) is -3.90.